The second kappa shape index (κ2) is 13.9. The number of aromatic nitrogens is 2. The molecule has 234 valence electrons. The summed E-state index contributed by atoms with van der Waals surface area (Å²) in [7, 11) is 0. The number of nitrogens with one attached hydrogen (secondary N) is 2. The Morgan fingerprint density at radius 2 is 1.86 bits per heavy atom. The fourth-order valence-electron chi connectivity index (χ4n) is 4.61. The minimum Gasteiger partial charge on any atom is -0.494 e. The van der Waals surface area contributed by atoms with Gasteiger partial charge in [-0.15, -0.1) is 0 Å². The fraction of sp³-hybridized carbons (Fsp3) is 0.481. The Morgan fingerprint density at radius 3 is 2.49 bits per heavy atom. The lowest BCUT2D eigenvalue weighted by Crippen LogP contribution is -2.52. The van der Waals surface area contributed by atoms with E-state index in [9.17, 15) is 39.6 Å². The van der Waals surface area contributed by atoms with Gasteiger partial charge in [-0.2, -0.15) is 0 Å². The first-order valence-corrected chi connectivity index (χ1v) is 13.5. The van der Waals surface area contributed by atoms with E-state index in [1.54, 1.807) is 24.3 Å². The number of H-pyrrole nitrogens is 1. The Bertz CT molecular complexity index is 1420. The van der Waals surface area contributed by atoms with Gasteiger partial charge in [0.05, 0.1) is 13.2 Å². The molecule has 0 aliphatic carbocycles. The van der Waals surface area contributed by atoms with Crippen molar-refractivity contribution in [2.45, 2.75) is 62.8 Å². The number of carbonyl (C=O) groups is 2. The third kappa shape index (κ3) is 7.30. The highest BCUT2D eigenvalue weighted by atomic mass is 16.7. The molecule has 0 unspecified atom stereocenters. The van der Waals surface area contributed by atoms with Gasteiger partial charge in [-0.3, -0.25) is 23.9 Å². The van der Waals surface area contributed by atoms with E-state index < -0.39 is 84.4 Å². The molecule has 8 N–H and O–H groups in total. The van der Waals surface area contributed by atoms with E-state index >= 15 is 0 Å². The monoisotopic (exact) mass is 606 g/mol. The summed E-state index contributed by atoms with van der Waals surface area (Å²) in [5.74, 6) is -3.06. The van der Waals surface area contributed by atoms with E-state index in [-0.39, 0.29) is 0 Å². The molecule has 2 aromatic rings. The van der Waals surface area contributed by atoms with Crippen molar-refractivity contribution < 1.29 is 49.0 Å². The van der Waals surface area contributed by atoms with Gasteiger partial charge in [0, 0.05) is 23.9 Å². The van der Waals surface area contributed by atoms with Crippen molar-refractivity contribution in [2.24, 2.45) is 11.7 Å². The number of ether oxygens (including phenoxy) is 4. The predicted octanol–water partition coefficient (Wildman–Crippen LogP) is -1.95. The topological polar surface area (TPSA) is 245 Å². The molecule has 3 heterocycles. The van der Waals surface area contributed by atoms with Gasteiger partial charge < -0.3 is 50.4 Å². The molecule has 1 fully saturated rings. The van der Waals surface area contributed by atoms with Gasteiger partial charge in [-0.05, 0) is 36.8 Å². The quantitative estimate of drug-likeness (QED) is 0.130. The highest BCUT2D eigenvalue weighted by molar-refractivity contribution is 6.02. The third-order valence-corrected chi connectivity index (χ3v) is 6.94. The van der Waals surface area contributed by atoms with E-state index in [0.717, 1.165) is 35.7 Å². The summed E-state index contributed by atoms with van der Waals surface area (Å²) in [6.45, 7) is 1.84. The van der Waals surface area contributed by atoms with E-state index in [0.29, 0.717) is 18.0 Å². The standard InChI is InChI=1S/C27H34N4O12/c1-2-3-10-40-14-6-4-13(5-7-14)29-24(38)17-11-16(33)20(36)26(41-17)43-22(23(28)37)21-15(12-32)19(35)25(42-21)31-9-8-18(34)30-27(31)39/h4-9,11,15-16,19-22,25-26,32-33,35-36H,2-3,10,12H2,1H3,(H2,28,37)(H,29,38)(H,30,34,39)/t15-,16-,19+,20-,21-,22+,25+,26+/m0/s1. The van der Waals surface area contributed by atoms with Crippen LogP contribution in [0.5, 0.6) is 5.75 Å². The molecular formula is C27H34N4O12. The average molecular weight is 607 g/mol. The number of primary amides is 1. The first kappa shape index (κ1) is 31.9. The lowest BCUT2D eigenvalue weighted by Gasteiger charge is -2.35. The number of hydrogen-bond donors (Lipinski definition) is 7. The molecule has 4 rings (SSSR count). The molecule has 2 aliphatic heterocycles. The Labute approximate surface area is 244 Å². The maximum Gasteiger partial charge on any atom is 0.330 e. The molecule has 0 radical (unpaired) electrons. The normalized spacial score (nSPS) is 27.6. The van der Waals surface area contributed by atoms with Crippen molar-refractivity contribution in [1.29, 1.82) is 0 Å². The first-order valence-electron chi connectivity index (χ1n) is 13.5. The molecule has 1 aromatic heterocycles. The summed E-state index contributed by atoms with van der Waals surface area (Å²) in [5.41, 5.74) is 4.26. The van der Waals surface area contributed by atoms with Crippen LogP contribution in [0.25, 0.3) is 0 Å². The molecule has 0 bridgehead atoms. The van der Waals surface area contributed by atoms with Gasteiger partial charge in [-0.25, -0.2) is 4.79 Å². The minimum atomic E-state index is -1.83. The van der Waals surface area contributed by atoms with Gasteiger partial charge in [0.2, 0.25) is 12.2 Å². The number of carbonyl (C=O) groups excluding carboxylic acids is 2. The van der Waals surface area contributed by atoms with Gasteiger partial charge in [0.25, 0.3) is 11.5 Å². The number of aliphatic hydroxyl groups is 4. The number of rotatable bonds is 12. The molecule has 8 atom stereocenters. The van der Waals surface area contributed by atoms with Gasteiger partial charge >= 0.3 is 5.69 Å². The van der Waals surface area contributed by atoms with Crippen LogP contribution in [0.1, 0.15) is 26.0 Å². The van der Waals surface area contributed by atoms with Crippen LogP contribution in [0, 0.1) is 5.92 Å². The minimum absolute atomic E-state index is 0.369. The molecular weight excluding hydrogens is 572 g/mol. The molecule has 2 amide bonds. The first-order chi connectivity index (χ1) is 20.5. The van der Waals surface area contributed by atoms with E-state index in [2.05, 4.69) is 5.32 Å². The van der Waals surface area contributed by atoms with Gasteiger partial charge in [0.1, 0.15) is 30.2 Å². The zero-order valence-electron chi connectivity index (χ0n) is 23.1. The Kier molecular flexibility index (Phi) is 10.3. The van der Waals surface area contributed by atoms with Crippen LogP contribution in [0.2, 0.25) is 0 Å². The van der Waals surface area contributed by atoms with Crippen molar-refractivity contribution in [3.05, 3.63) is 69.2 Å². The molecule has 16 heteroatoms. The predicted molar refractivity (Wildman–Crippen MR) is 146 cm³/mol. The third-order valence-electron chi connectivity index (χ3n) is 6.94. The van der Waals surface area contributed by atoms with Crippen LogP contribution < -0.4 is 27.0 Å². The molecule has 1 aromatic carbocycles. The molecule has 1 saturated heterocycles. The van der Waals surface area contributed by atoms with Crippen LogP contribution in [0.4, 0.5) is 5.69 Å². The van der Waals surface area contributed by atoms with Crippen LogP contribution in [-0.2, 0) is 23.8 Å². The molecule has 0 saturated carbocycles. The van der Waals surface area contributed by atoms with E-state index in [1.165, 1.54) is 0 Å². The highest BCUT2D eigenvalue weighted by Crippen LogP contribution is 2.36. The van der Waals surface area contributed by atoms with Crippen molar-refractivity contribution in [1.82, 2.24) is 9.55 Å². The van der Waals surface area contributed by atoms with Gasteiger partial charge in [0.15, 0.2) is 18.1 Å². The molecule has 2 aliphatic rings. The maximum atomic E-state index is 12.9. The number of aliphatic hydroxyl groups excluding tert-OH is 4. The Hall–Kier alpha value is -4.06. The van der Waals surface area contributed by atoms with Crippen molar-refractivity contribution in [2.75, 3.05) is 18.5 Å². The number of benzene rings is 1. The summed E-state index contributed by atoms with van der Waals surface area (Å²) in [5, 5.41) is 44.2. The SMILES string of the molecule is CCCCOc1ccc(NC(=O)C2=C[C@H](O)[C@H](O)[C@@H](O[C@@H](C(N)=O)[C@H]3O[C@@H](n4ccc(=O)[nH]c4=O)[C@H](O)[C@@H]3CO)O2)cc1. The number of amides is 2. The Morgan fingerprint density at radius 1 is 1.14 bits per heavy atom. The summed E-state index contributed by atoms with van der Waals surface area (Å²) in [6.07, 6.45) is -7.77. The second-order valence-corrected chi connectivity index (χ2v) is 9.98. The zero-order chi connectivity index (χ0) is 31.3. The fourth-order valence-corrected chi connectivity index (χ4v) is 4.61. The lowest BCUT2D eigenvalue weighted by atomic mass is 9.94. The smallest absolute Gasteiger partial charge is 0.330 e. The summed E-state index contributed by atoms with van der Waals surface area (Å²) in [6, 6.07) is 7.50. The summed E-state index contributed by atoms with van der Waals surface area (Å²) >= 11 is 0. The zero-order valence-corrected chi connectivity index (χ0v) is 23.1. The number of nitrogens with zero attached hydrogens (tertiary/aromatic N) is 1. The highest BCUT2D eigenvalue weighted by Gasteiger charge is 2.51. The van der Waals surface area contributed by atoms with Crippen LogP contribution in [-0.4, -0.2) is 91.8 Å². The molecule has 16 nitrogen and oxygen atoms in total. The van der Waals surface area contributed by atoms with Crippen LogP contribution in [0.15, 0.2) is 58.0 Å². The number of aromatic amines is 1. The van der Waals surface area contributed by atoms with Crippen molar-refractivity contribution in [3.8, 4) is 5.75 Å². The second-order valence-electron chi connectivity index (χ2n) is 9.98. The van der Waals surface area contributed by atoms with Crippen molar-refractivity contribution >= 4 is 17.5 Å². The number of unbranched alkanes of at least 4 members (excludes halogenated alkanes) is 1. The maximum absolute atomic E-state index is 12.9. The van der Waals surface area contributed by atoms with E-state index in [4.69, 9.17) is 24.7 Å². The van der Waals surface area contributed by atoms with Crippen molar-refractivity contribution in [3.63, 3.8) is 0 Å². The molecule has 43 heavy (non-hydrogen) atoms. The molecule has 0 spiro atoms. The largest absolute Gasteiger partial charge is 0.494 e. The number of anilines is 1. The Balaban J connectivity index is 1.48. The lowest BCUT2D eigenvalue weighted by molar-refractivity contribution is -0.239. The van der Waals surface area contributed by atoms with E-state index in [1.807, 2.05) is 11.9 Å². The number of nitrogens with two attached hydrogens (primary N) is 1. The van der Waals surface area contributed by atoms with Crippen LogP contribution >= 0.6 is 0 Å². The van der Waals surface area contributed by atoms with Crippen LogP contribution in [0.3, 0.4) is 0 Å². The number of hydrogen-bond acceptors (Lipinski definition) is 12. The average Bonchev–Trinajstić information content (AvgIpc) is 3.29. The van der Waals surface area contributed by atoms with Gasteiger partial charge in [-0.1, -0.05) is 13.3 Å². The summed E-state index contributed by atoms with van der Waals surface area (Å²) < 4.78 is 23.2. The summed E-state index contributed by atoms with van der Waals surface area (Å²) in [4.78, 5) is 51.1.